The Morgan fingerprint density at radius 3 is 2.58 bits per heavy atom. The number of carbonyl (C=O) groups is 2. The molecule has 0 saturated heterocycles. The molecule has 1 rings (SSSR count). The summed E-state index contributed by atoms with van der Waals surface area (Å²) in [5, 5.41) is 11.6. The Hall–Kier alpha value is -1.91. The molecule has 0 aliphatic rings. The van der Waals surface area contributed by atoms with E-state index in [2.05, 4.69) is 5.32 Å². The van der Waals surface area contributed by atoms with E-state index in [4.69, 9.17) is 5.11 Å². The predicted molar refractivity (Wildman–Crippen MR) is 69.0 cm³/mol. The maximum Gasteiger partial charge on any atom is 0.309 e. The van der Waals surface area contributed by atoms with E-state index in [1.165, 1.54) is 26.0 Å². The van der Waals surface area contributed by atoms with Crippen molar-refractivity contribution in [2.24, 2.45) is 5.41 Å². The third-order valence-electron chi connectivity index (χ3n) is 2.91. The van der Waals surface area contributed by atoms with Crippen molar-refractivity contribution >= 4 is 11.9 Å². The number of aliphatic carboxylic acids is 1. The van der Waals surface area contributed by atoms with Crippen LogP contribution in [0.2, 0.25) is 0 Å². The summed E-state index contributed by atoms with van der Waals surface area (Å²) in [6.07, 6.45) is -0.123. The number of amides is 1. The fourth-order valence-corrected chi connectivity index (χ4v) is 1.63. The third kappa shape index (κ3) is 4.35. The Bertz CT molecular complexity index is 485. The smallest absolute Gasteiger partial charge is 0.309 e. The molecule has 0 bridgehead atoms. The molecule has 0 aliphatic carbocycles. The zero-order chi connectivity index (χ0) is 14.6. The number of halogens is 1. The first kappa shape index (κ1) is 15.1. The molecule has 1 aromatic carbocycles. The maximum absolute atomic E-state index is 13.1. The summed E-state index contributed by atoms with van der Waals surface area (Å²) in [6, 6.07) is 5.57. The average molecular weight is 267 g/mol. The van der Waals surface area contributed by atoms with Crippen LogP contribution in [0.4, 0.5) is 4.39 Å². The van der Waals surface area contributed by atoms with E-state index in [1.54, 1.807) is 19.1 Å². The molecule has 0 radical (unpaired) electrons. The van der Waals surface area contributed by atoms with Gasteiger partial charge in [0.05, 0.1) is 11.5 Å². The monoisotopic (exact) mass is 267 g/mol. The molecule has 0 heterocycles. The number of carboxylic acids is 1. The van der Waals surface area contributed by atoms with Crippen LogP contribution in [0.3, 0.4) is 0 Å². The van der Waals surface area contributed by atoms with Crippen LogP contribution in [0.1, 0.15) is 38.8 Å². The first-order chi connectivity index (χ1) is 8.72. The second kappa shape index (κ2) is 5.82. The van der Waals surface area contributed by atoms with Gasteiger partial charge in [-0.1, -0.05) is 12.1 Å². The molecule has 2 N–H and O–H groups in total. The van der Waals surface area contributed by atoms with Crippen LogP contribution in [0.15, 0.2) is 24.3 Å². The van der Waals surface area contributed by atoms with Gasteiger partial charge in [-0.15, -0.1) is 0 Å². The fraction of sp³-hybridized carbons (Fsp3) is 0.429. The molecule has 4 nitrogen and oxygen atoms in total. The van der Waals surface area contributed by atoms with Gasteiger partial charge >= 0.3 is 5.97 Å². The number of benzene rings is 1. The van der Waals surface area contributed by atoms with Gasteiger partial charge in [0.2, 0.25) is 5.91 Å². The van der Waals surface area contributed by atoms with Gasteiger partial charge in [0.1, 0.15) is 5.82 Å². The Kier molecular flexibility index (Phi) is 4.64. The highest BCUT2D eigenvalue weighted by molar-refractivity contribution is 5.84. The topological polar surface area (TPSA) is 66.4 Å². The van der Waals surface area contributed by atoms with E-state index in [-0.39, 0.29) is 24.2 Å². The van der Waals surface area contributed by atoms with Crippen LogP contribution in [0.25, 0.3) is 0 Å². The van der Waals surface area contributed by atoms with Gasteiger partial charge in [0.25, 0.3) is 0 Å². The van der Waals surface area contributed by atoms with Crippen LogP contribution < -0.4 is 5.32 Å². The standard InChI is InChI=1S/C14H18FNO3/c1-9(10-5-4-6-11(15)7-10)16-12(17)8-14(2,3)13(18)19/h4-7,9H,8H2,1-3H3,(H,16,17)(H,18,19)/t9-/m1/s1. The van der Waals surface area contributed by atoms with E-state index in [0.717, 1.165) is 0 Å². The van der Waals surface area contributed by atoms with Gasteiger partial charge in [-0.2, -0.15) is 0 Å². The number of rotatable bonds is 5. The molecule has 1 aromatic rings. The number of nitrogens with one attached hydrogen (secondary N) is 1. The first-order valence-corrected chi connectivity index (χ1v) is 6.00. The highest BCUT2D eigenvalue weighted by atomic mass is 19.1. The van der Waals surface area contributed by atoms with Crippen LogP contribution in [-0.4, -0.2) is 17.0 Å². The highest BCUT2D eigenvalue weighted by Crippen LogP contribution is 2.21. The van der Waals surface area contributed by atoms with Gasteiger partial charge in [-0.25, -0.2) is 4.39 Å². The lowest BCUT2D eigenvalue weighted by Gasteiger charge is -2.20. The van der Waals surface area contributed by atoms with Crippen molar-refractivity contribution in [3.8, 4) is 0 Å². The minimum Gasteiger partial charge on any atom is -0.481 e. The van der Waals surface area contributed by atoms with Crippen molar-refractivity contribution < 1.29 is 19.1 Å². The summed E-state index contributed by atoms with van der Waals surface area (Å²) in [5.41, 5.74) is -0.479. The van der Waals surface area contributed by atoms with E-state index in [9.17, 15) is 14.0 Å². The van der Waals surface area contributed by atoms with Crippen molar-refractivity contribution in [1.29, 1.82) is 0 Å². The lowest BCUT2D eigenvalue weighted by molar-refractivity contribution is -0.149. The first-order valence-electron chi connectivity index (χ1n) is 6.00. The quantitative estimate of drug-likeness (QED) is 0.861. The highest BCUT2D eigenvalue weighted by Gasteiger charge is 2.30. The van der Waals surface area contributed by atoms with E-state index in [0.29, 0.717) is 5.56 Å². The molecule has 1 atom stereocenters. The Balaban J connectivity index is 2.65. The van der Waals surface area contributed by atoms with Crippen molar-refractivity contribution in [2.45, 2.75) is 33.2 Å². The fourth-order valence-electron chi connectivity index (χ4n) is 1.63. The van der Waals surface area contributed by atoms with Crippen molar-refractivity contribution in [3.05, 3.63) is 35.6 Å². The van der Waals surface area contributed by atoms with Gasteiger partial charge < -0.3 is 10.4 Å². The van der Waals surface area contributed by atoms with E-state index < -0.39 is 11.4 Å². The number of carbonyl (C=O) groups excluding carboxylic acids is 1. The van der Waals surface area contributed by atoms with Crippen LogP contribution in [-0.2, 0) is 9.59 Å². The Morgan fingerprint density at radius 1 is 1.42 bits per heavy atom. The predicted octanol–water partition coefficient (Wildman–Crippen LogP) is 2.50. The van der Waals surface area contributed by atoms with Gasteiger partial charge in [0.15, 0.2) is 0 Å². The zero-order valence-corrected chi connectivity index (χ0v) is 11.2. The molecular weight excluding hydrogens is 249 g/mol. The molecule has 0 fully saturated rings. The minimum atomic E-state index is -1.12. The Labute approximate surface area is 111 Å². The summed E-state index contributed by atoms with van der Waals surface area (Å²) in [4.78, 5) is 22.7. The number of carboxylic acid groups (broad SMARTS) is 1. The zero-order valence-electron chi connectivity index (χ0n) is 11.2. The van der Waals surface area contributed by atoms with E-state index >= 15 is 0 Å². The molecule has 1 amide bonds. The third-order valence-corrected chi connectivity index (χ3v) is 2.91. The van der Waals surface area contributed by atoms with Crippen molar-refractivity contribution in [3.63, 3.8) is 0 Å². The van der Waals surface area contributed by atoms with Crippen molar-refractivity contribution in [2.75, 3.05) is 0 Å². The van der Waals surface area contributed by atoms with Crippen LogP contribution in [0.5, 0.6) is 0 Å². The summed E-state index contributed by atoms with van der Waals surface area (Å²) in [6.45, 7) is 4.70. The maximum atomic E-state index is 13.1. The molecule has 0 saturated carbocycles. The lowest BCUT2D eigenvalue weighted by atomic mass is 9.89. The summed E-state index contributed by atoms with van der Waals surface area (Å²) < 4.78 is 13.1. The van der Waals surface area contributed by atoms with Gasteiger partial charge in [-0.05, 0) is 38.5 Å². The van der Waals surface area contributed by atoms with Crippen LogP contribution >= 0.6 is 0 Å². The molecule has 104 valence electrons. The Morgan fingerprint density at radius 2 is 2.05 bits per heavy atom. The van der Waals surface area contributed by atoms with Crippen molar-refractivity contribution in [1.82, 2.24) is 5.32 Å². The molecule has 0 aromatic heterocycles. The second-order valence-electron chi connectivity index (χ2n) is 5.21. The lowest BCUT2D eigenvalue weighted by Crippen LogP contribution is -2.34. The number of hydrogen-bond donors (Lipinski definition) is 2. The normalized spacial score (nSPS) is 12.8. The van der Waals surface area contributed by atoms with E-state index in [1.807, 2.05) is 0 Å². The summed E-state index contributed by atoms with van der Waals surface area (Å²) in [7, 11) is 0. The molecular formula is C14H18FNO3. The van der Waals surface area contributed by atoms with Gasteiger partial charge in [-0.3, -0.25) is 9.59 Å². The molecule has 0 aliphatic heterocycles. The molecule has 19 heavy (non-hydrogen) atoms. The number of hydrogen-bond acceptors (Lipinski definition) is 2. The van der Waals surface area contributed by atoms with Crippen LogP contribution in [0, 0.1) is 11.2 Å². The molecule has 0 spiro atoms. The summed E-state index contributed by atoms with van der Waals surface area (Å²) in [5.74, 6) is -1.77. The minimum absolute atomic E-state index is 0.123. The van der Waals surface area contributed by atoms with Gasteiger partial charge in [0, 0.05) is 6.42 Å². The molecule has 5 heteroatoms. The average Bonchev–Trinajstić information content (AvgIpc) is 2.27. The summed E-state index contributed by atoms with van der Waals surface area (Å²) >= 11 is 0. The molecule has 0 unspecified atom stereocenters. The largest absolute Gasteiger partial charge is 0.481 e. The second-order valence-corrected chi connectivity index (χ2v) is 5.21. The SMILES string of the molecule is C[C@@H](NC(=O)CC(C)(C)C(=O)O)c1cccc(F)c1.